The molecule has 0 radical (unpaired) electrons. The van der Waals surface area contributed by atoms with Crippen molar-refractivity contribution in [1.29, 1.82) is 0 Å². The molecule has 1 N–H and O–H groups in total. The summed E-state index contributed by atoms with van der Waals surface area (Å²) in [4.78, 5) is 37.1. The fourth-order valence-corrected chi connectivity index (χ4v) is 2.45. The molecular formula is C18H16Cl2N2O4. The quantitative estimate of drug-likeness (QED) is 0.787. The second kappa shape index (κ2) is 8.69. The van der Waals surface area contributed by atoms with Crippen LogP contribution in [0.4, 0.5) is 5.69 Å². The standard InChI is InChI=1S/C18H16Cl2N2O4/c1-22(10-16(23)21-13-7-8-14(19)15(20)9-13)17(24)11-3-5-12(6-4-11)18(25)26-2/h3-9H,10H2,1-2H3,(H,21,23). The van der Waals surface area contributed by atoms with Gasteiger partial charge in [-0.2, -0.15) is 0 Å². The number of carbonyl (C=O) groups is 3. The lowest BCUT2D eigenvalue weighted by atomic mass is 10.1. The van der Waals surface area contributed by atoms with Gasteiger partial charge in [0, 0.05) is 18.3 Å². The van der Waals surface area contributed by atoms with E-state index in [-0.39, 0.29) is 18.4 Å². The summed E-state index contributed by atoms with van der Waals surface area (Å²) in [7, 11) is 2.78. The average Bonchev–Trinajstić information content (AvgIpc) is 2.63. The number of hydrogen-bond donors (Lipinski definition) is 1. The van der Waals surface area contributed by atoms with Gasteiger partial charge in [0.05, 0.1) is 29.3 Å². The molecule has 0 fully saturated rings. The molecule has 0 aliphatic carbocycles. The fraction of sp³-hybridized carbons (Fsp3) is 0.167. The summed E-state index contributed by atoms with van der Waals surface area (Å²) in [5.41, 5.74) is 1.17. The molecule has 0 atom stereocenters. The zero-order valence-corrected chi connectivity index (χ0v) is 15.6. The molecule has 0 bridgehead atoms. The average molecular weight is 395 g/mol. The number of anilines is 1. The lowest BCUT2D eigenvalue weighted by molar-refractivity contribution is -0.116. The molecule has 2 aromatic carbocycles. The molecule has 2 aromatic rings. The van der Waals surface area contributed by atoms with E-state index in [0.29, 0.717) is 26.9 Å². The van der Waals surface area contributed by atoms with Gasteiger partial charge < -0.3 is 15.0 Å². The number of carbonyl (C=O) groups excluding carboxylic acids is 3. The summed E-state index contributed by atoms with van der Waals surface area (Å²) in [6, 6.07) is 10.7. The first-order valence-corrected chi connectivity index (χ1v) is 8.26. The number of ether oxygens (including phenoxy) is 1. The maximum atomic E-state index is 12.4. The highest BCUT2D eigenvalue weighted by molar-refractivity contribution is 6.42. The van der Waals surface area contributed by atoms with E-state index in [2.05, 4.69) is 10.1 Å². The molecule has 0 aliphatic rings. The predicted octanol–water partition coefficient (Wildman–Crippen LogP) is 3.49. The van der Waals surface area contributed by atoms with Gasteiger partial charge in [-0.3, -0.25) is 9.59 Å². The molecule has 136 valence electrons. The smallest absolute Gasteiger partial charge is 0.337 e. The SMILES string of the molecule is COC(=O)c1ccc(C(=O)N(C)CC(=O)Nc2ccc(Cl)c(Cl)c2)cc1. The van der Waals surface area contributed by atoms with Crippen LogP contribution in [0.5, 0.6) is 0 Å². The van der Waals surface area contributed by atoms with E-state index >= 15 is 0 Å². The molecule has 0 heterocycles. The van der Waals surface area contributed by atoms with Crippen molar-refractivity contribution in [1.82, 2.24) is 4.90 Å². The van der Waals surface area contributed by atoms with E-state index in [0.717, 1.165) is 0 Å². The van der Waals surface area contributed by atoms with E-state index in [1.165, 1.54) is 49.4 Å². The van der Waals surface area contributed by atoms with E-state index in [1.807, 2.05) is 0 Å². The number of hydrogen-bond acceptors (Lipinski definition) is 4. The number of methoxy groups -OCH3 is 1. The van der Waals surface area contributed by atoms with Gasteiger partial charge in [0.2, 0.25) is 5.91 Å². The van der Waals surface area contributed by atoms with Crippen LogP contribution in [0.1, 0.15) is 20.7 Å². The van der Waals surface area contributed by atoms with E-state index in [1.54, 1.807) is 12.1 Å². The van der Waals surface area contributed by atoms with Gasteiger partial charge in [0.25, 0.3) is 5.91 Å². The zero-order valence-electron chi connectivity index (χ0n) is 14.1. The highest BCUT2D eigenvalue weighted by atomic mass is 35.5. The van der Waals surface area contributed by atoms with Crippen molar-refractivity contribution in [3.05, 3.63) is 63.6 Å². The number of nitrogens with one attached hydrogen (secondary N) is 1. The van der Waals surface area contributed by atoms with Gasteiger partial charge in [-0.15, -0.1) is 0 Å². The van der Waals surface area contributed by atoms with Gasteiger partial charge >= 0.3 is 5.97 Å². The second-order valence-corrected chi connectivity index (χ2v) is 6.22. The largest absolute Gasteiger partial charge is 0.465 e. The number of rotatable bonds is 5. The van der Waals surface area contributed by atoms with Crippen molar-refractivity contribution in [3.63, 3.8) is 0 Å². The molecule has 0 saturated heterocycles. The Morgan fingerprint density at radius 3 is 2.19 bits per heavy atom. The van der Waals surface area contributed by atoms with Gasteiger partial charge in [-0.25, -0.2) is 4.79 Å². The van der Waals surface area contributed by atoms with Crippen LogP contribution >= 0.6 is 23.2 Å². The van der Waals surface area contributed by atoms with E-state index < -0.39 is 5.97 Å². The Kier molecular flexibility index (Phi) is 6.60. The summed E-state index contributed by atoms with van der Waals surface area (Å²) in [6.07, 6.45) is 0. The maximum absolute atomic E-state index is 12.4. The predicted molar refractivity (Wildman–Crippen MR) is 99.8 cm³/mol. The summed E-state index contributed by atoms with van der Waals surface area (Å²) < 4.78 is 4.60. The Morgan fingerprint density at radius 2 is 1.62 bits per heavy atom. The highest BCUT2D eigenvalue weighted by Gasteiger charge is 2.16. The number of nitrogens with zero attached hydrogens (tertiary/aromatic N) is 1. The summed E-state index contributed by atoms with van der Waals surface area (Å²) >= 11 is 11.7. The van der Waals surface area contributed by atoms with Crippen LogP contribution in [0.3, 0.4) is 0 Å². The highest BCUT2D eigenvalue weighted by Crippen LogP contribution is 2.24. The first kappa shape index (κ1) is 19.8. The number of amides is 2. The van der Waals surface area contributed by atoms with Gasteiger partial charge in [0.1, 0.15) is 0 Å². The molecule has 26 heavy (non-hydrogen) atoms. The third-order valence-corrected chi connectivity index (χ3v) is 4.22. The Bertz CT molecular complexity index is 838. The van der Waals surface area contributed by atoms with Crippen LogP contribution in [-0.4, -0.2) is 43.4 Å². The molecule has 0 aliphatic heterocycles. The summed E-state index contributed by atoms with van der Waals surface area (Å²) in [5, 5.41) is 3.34. The van der Waals surface area contributed by atoms with Crippen LogP contribution in [-0.2, 0) is 9.53 Å². The van der Waals surface area contributed by atoms with Crippen LogP contribution in [0, 0.1) is 0 Å². The minimum atomic E-state index is -0.488. The van der Waals surface area contributed by atoms with E-state index in [4.69, 9.17) is 23.2 Å². The van der Waals surface area contributed by atoms with Crippen LogP contribution < -0.4 is 5.32 Å². The number of benzene rings is 2. The van der Waals surface area contributed by atoms with Crippen molar-refractivity contribution in [2.45, 2.75) is 0 Å². The van der Waals surface area contributed by atoms with E-state index in [9.17, 15) is 14.4 Å². The minimum absolute atomic E-state index is 0.155. The number of halogens is 2. The van der Waals surface area contributed by atoms with Gasteiger partial charge in [-0.1, -0.05) is 23.2 Å². The Balaban J connectivity index is 1.98. The van der Waals surface area contributed by atoms with Crippen molar-refractivity contribution in [3.8, 4) is 0 Å². The fourth-order valence-electron chi connectivity index (χ4n) is 2.15. The Morgan fingerprint density at radius 1 is 1.00 bits per heavy atom. The first-order valence-electron chi connectivity index (χ1n) is 7.50. The summed E-state index contributed by atoms with van der Waals surface area (Å²) in [5.74, 6) is -1.23. The van der Waals surface area contributed by atoms with Crippen molar-refractivity contribution in [2.24, 2.45) is 0 Å². The molecule has 0 aromatic heterocycles. The molecule has 0 spiro atoms. The maximum Gasteiger partial charge on any atom is 0.337 e. The third kappa shape index (κ3) is 4.97. The lowest BCUT2D eigenvalue weighted by Crippen LogP contribution is -2.34. The van der Waals surface area contributed by atoms with Gasteiger partial charge in [-0.05, 0) is 42.5 Å². The van der Waals surface area contributed by atoms with Crippen LogP contribution in [0.15, 0.2) is 42.5 Å². The zero-order chi connectivity index (χ0) is 19.3. The van der Waals surface area contributed by atoms with Crippen molar-refractivity contribution in [2.75, 3.05) is 26.0 Å². The third-order valence-electron chi connectivity index (χ3n) is 3.48. The normalized spacial score (nSPS) is 10.2. The molecule has 8 heteroatoms. The van der Waals surface area contributed by atoms with Crippen LogP contribution in [0.25, 0.3) is 0 Å². The second-order valence-electron chi connectivity index (χ2n) is 5.41. The summed E-state index contributed by atoms with van der Waals surface area (Å²) in [6.45, 7) is -0.155. The molecule has 2 amide bonds. The molecule has 0 saturated carbocycles. The first-order chi connectivity index (χ1) is 12.3. The minimum Gasteiger partial charge on any atom is -0.465 e. The number of esters is 1. The Hall–Kier alpha value is -2.57. The topological polar surface area (TPSA) is 75.7 Å². The molecule has 2 rings (SSSR count). The molecular weight excluding hydrogens is 379 g/mol. The van der Waals surface area contributed by atoms with Crippen molar-refractivity contribution < 1.29 is 19.1 Å². The molecule has 0 unspecified atom stereocenters. The Labute approximate surface area is 160 Å². The number of likely N-dealkylation sites (N-methyl/N-ethyl adjacent to an activating group) is 1. The molecule has 6 nitrogen and oxygen atoms in total. The van der Waals surface area contributed by atoms with Crippen molar-refractivity contribution >= 4 is 46.7 Å². The van der Waals surface area contributed by atoms with Gasteiger partial charge in [0.15, 0.2) is 0 Å². The lowest BCUT2D eigenvalue weighted by Gasteiger charge is -2.17. The van der Waals surface area contributed by atoms with Crippen LogP contribution in [0.2, 0.25) is 10.0 Å². The monoisotopic (exact) mass is 394 g/mol.